The fourth-order valence-electron chi connectivity index (χ4n) is 3.69. The zero-order chi connectivity index (χ0) is 22.8. The molecular weight excluding hydrogens is 409 g/mol. The monoisotopic (exact) mass is 441 g/mol. The van der Waals surface area contributed by atoms with Crippen molar-refractivity contribution in [2.24, 2.45) is 4.99 Å². The highest BCUT2D eigenvalue weighted by Gasteiger charge is 2.20. The van der Waals surface area contributed by atoms with Gasteiger partial charge in [0.15, 0.2) is 5.96 Å². The number of guanidine groups is 1. The Morgan fingerprint density at radius 2 is 1.94 bits per heavy atom. The van der Waals surface area contributed by atoms with Crippen LogP contribution >= 0.6 is 0 Å². The molecule has 1 fully saturated rings. The van der Waals surface area contributed by atoms with Gasteiger partial charge in [-0.15, -0.1) is 0 Å². The second-order valence-corrected chi connectivity index (χ2v) is 7.81. The van der Waals surface area contributed by atoms with Crippen LogP contribution in [0.2, 0.25) is 0 Å². The van der Waals surface area contributed by atoms with Crippen molar-refractivity contribution in [1.82, 2.24) is 16.0 Å². The summed E-state index contributed by atoms with van der Waals surface area (Å²) < 4.78 is 13.5. The van der Waals surface area contributed by atoms with Gasteiger partial charge < -0.3 is 26.0 Å². The van der Waals surface area contributed by atoms with E-state index in [0.717, 1.165) is 44.1 Å². The van der Waals surface area contributed by atoms with E-state index in [1.54, 1.807) is 24.3 Å². The van der Waals surface area contributed by atoms with Crippen LogP contribution in [0.1, 0.15) is 36.5 Å². The Bertz CT molecular complexity index is 913. The van der Waals surface area contributed by atoms with E-state index in [-0.39, 0.29) is 17.5 Å². The molecule has 4 N–H and O–H groups in total. The molecule has 32 heavy (non-hydrogen) atoms. The minimum Gasteiger partial charge on any atom is -0.508 e. The van der Waals surface area contributed by atoms with Gasteiger partial charge in [-0.05, 0) is 62.6 Å². The van der Waals surface area contributed by atoms with Gasteiger partial charge in [-0.25, -0.2) is 4.39 Å². The lowest BCUT2D eigenvalue weighted by Crippen LogP contribution is -2.48. The third-order valence-electron chi connectivity index (χ3n) is 5.35. The predicted octanol–water partition coefficient (Wildman–Crippen LogP) is 2.88. The molecule has 172 valence electrons. The Morgan fingerprint density at radius 1 is 1.16 bits per heavy atom. The molecular formula is C24H32FN5O2. The Morgan fingerprint density at radius 3 is 2.66 bits per heavy atom. The first-order valence-electron chi connectivity index (χ1n) is 11.2. The van der Waals surface area contributed by atoms with Crippen molar-refractivity contribution in [3.63, 3.8) is 0 Å². The average molecular weight is 442 g/mol. The summed E-state index contributed by atoms with van der Waals surface area (Å²) in [6.45, 7) is 5.60. The summed E-state index contributed by atoms with van der Waals surface area (Å²) in [7, 11) is 0. The van der Waals surface area contributed by atoms with Gasteiger partial charge >= 0.3 is 0 Å². The molecule has 0 radical (unpaired) electrons. The lowest BCUT2D eigenvalue weighted by molar-refractivity contribution is 0.0953. The number of amides is 1. The van der Waals surface area contributed by atoms with Crippen molar-refractivity contribution in [3.05, 3.63) is 59.9 Å². The SMILES string of the molecule is CCNC(=NCCCNC(=O)c1cccc(O)c1)NC1CCN(c2cccc(F)c2)CC1. The number of aliphatic imine (C=N–C) groups is 1. The molecule has 1 heterocycles. The third kappa shape index (κ3) is 7.14. The molecule has 1 saturated heterocycles. The van der Waals surface area contributed by atoms with Gasteiger partial charge in [-0.3, -0.25) is 9.79 Å². The molecule has 0 aliphatic carbocycles. The van der Waals surface area contributed by atoms with Crippen molar-refractivity contribution in [2.45, 2.75) is 32.2 Å². The van der Waals surface area contributed by atoms with Crippen LogP contribution < -0.4 is 20.9 Å². The van der Waals surface area contributed by atoms with Gasteiger partial charge in [0.1, 0.15) is 11.6 Å². The summed E-state index contributed by atoms with van der Waals surface area (Å²) in [5.41, 5.74) is 1.37. The van der Waals surface area contributed by atoms with Crippen LogP contribution in [0.4, 0.5) is 10.1 Å². The first kappa shape index (κ1) is 23.4. The van der Waals surface area contributed by atoms with Gasteiger partial charge in [-0.1, -0.05) is 12.1 Å². The molecule has 0 unspecified atom stereocenters. The zero-order valence-corrected chi connectivity index (χ0v) is 18.5. The van der Waals surface area contributed by atoms with E-state index >= 15 is 0 Å². The zero-order valence-electron chi connectivity index (χ0n) is 18.5. The molecule has 1 aliphatic rings. The average Bonchev–Trinajstić information content (AvgIpc) is 2.79. The molecule has 0 saturated carbocycles. The van der Waals surface area contributed by atoms with E-state index in [0.29, 0.717) is 31.1 Å². The number of hydrogen-bond donors (Lipinski definition) is 4. The first-order chi connectivity index (χ1) is 15.5. The molecule has 2 aromatic rings. The lowest BCUT2D eigenvalue weighted by atomic mass is 10.0. The van der Waals surface area contributed by atoms with E-state index < -0.39 is 0 Å². The van der Waals surface area contributed by atoms with Crippen LogP contribution in [-0.4, -0.2) is 55.7 Å². The summed E-state index contributed by atoms with van der Waals surface area (Å²) >= 11 is 0. The Labute approximate surface area is 188 Å². The van der Waals surface area contributed by atoms with Crippen LogP contribution in [0.25, 0.3) is 0 Å². The smallest absolute Gasteiger partial charge is 0.251 e. The highest BCUT2D eigenvalue weighted by molar-refractivity contribution is 5.94. The standard InChI is InChI=1S/C24H32FN5O2/c1-2-26-24(28-13-5-12-27-23(32)18-6-3-9-22(31)16-18)29-20-10-14-30(15-11-20)21-8-4-7-19(25)17-21/h3-4,6-9,16-17,20,31H,2,5,10-15H2,1H3,(H,27,32)(H2,26,28,29). The molecule has 0 bridgehead atoms. The number of hydrogen-bond acceptors (Lipinski definition) is 4. The molecule has 1 amide bonds. The van der Waals surface area contributed by atoms with Gasteiger partial charge in [-0.2, -0.15) is 0 Å². The number of phenolic OH excluding ortho intramolecular Hbond substituents is 1. The van der Waals surface area contributed by atoms with E-state index in [1.165, 1.54) is 18.2 Å². The minimum absolute atomic E-state index is 0.0744. The topological polar surface area (TPSA) is 89.0 Å². The Kier molecular flexibility index (Phi) is 8.71. The van der Waals surface area contributed by atoms with Crippen LogP contribution in [-0.2, 0) is 0 Å². The summed E-state index contributed by atoms with van der Waals surface area (Å²) in [4.78, 5) is 18.9. The normalized spacial score (nSPS) is 14.8. The van der Waals surface area contributed by atoms with Crippen molar-refractivity contribution >= 4 is 17.6 Å². The van der Waals surface area contributed by atoms with Gasteiger partial charge in [0.05, 0.1) is 0 Å². The second-order valence-electron chi connectivity index (χ2n) is 7.81. The van der Waals surface area contributed by atoms with E-state index in [4.69, 9.17) is 0 Å². The van der Waals surface area contributed by atoms with Crippen LogP contribution in [0.3, 0.4) is 0 Å². The maximum atomic E-state index is 13.5. The molecule has 1 aliphatic heterocycles. The number of aromatic hydroxyl groups is 1. The highest BCUT2D eigenvalue weighted by atomic mass is 19.1. The van der Waals surface area contributed by atoms with E-state index in [2.05, 4.69) is 25.8 Å². The van der Waals surface area contributed by atoms with E-state index in [1.807, 2.05) is 13.0 Å². The summed E-state index contributed by atoms with van der Waals surface area (Å²) in [6, 6.07) is 13.3. The predicted molar refractivity (Wildman–Crippen MR) is 126 cm³/mol. The number of phenols is 1. The number of carbonyl (C=O) groups is 1. The summed E-state index contributed by atoms with van der Waals surface area (Å²) in [5, 5.41) is 19.1. The van der Waals surface area contributed by atoms with Crippen molar-refractivity contribution in [1.29, 1.82) is 0 Å². The van der Waals surface area contributed by atoms with E-state index in [9.17, 15) is 14.3 Å². The minimum atomic E-state index is -0.208. The lowest BCUT2D eigenvalue weighted by Gasteiger charge is -2.34. The highest BCUT2D eigenvalue weighted by Crippen LogP contribution is 2.20. The maximum Gasteiger partial charge on any atom is 0.251 e. The molecule has 0 spiro atoms. The quantitative estimate of drug-likeness (QED) is 0.287. The van der Waals surface area contributed by atoms with Crippen molar-refractivity contribution in [2.75, 3.05) is 37.6 Å². The molecule has 3 rings (SSSR count). The molecule has 7 nitrogen and oxygen atoms in total. The van der Waals surface area contributed by atoms with Crippen LogP contribution in [0, 0.1) is 5.82 Å². The van der Waals surface area contributed by atoms with Crippen molar-refractivity contribution in [3.8, 4) is 5.75 Å². The fraction of sp³-hybridized carbons (Fsp3) is 0.417. The third-order valence-corrected chi connectivity index (χ3v) is 5.35. The largest absolute Gasteiger partial charge is 0.508 e. The molecule has 2 aromatic carbocycles. The van der Waals surface area contributed by atoms with Gasteiger partial charge in [0, 0.05) is 50.0 Å². The summed E-state index contributed by atoms with van der Waals surface area (Å²) in [5.74, 6) is 0.434. The van der Waals surface area contributed by atoms with Gasteiger partial charge in [0.2, 0.25) is 0 Å². The number of rotatable bonds is 8. The molecule has 8 heteroatoms. The first-order valence-corrected chi connectivity index (χ1v) is 11.2. The number of benzene rings is 2. The fourth-order valence-corrected chi connectivity index (χ4v) is 3.69. The molecule has 0 atom stereocenters. The number of nitrogens with one attached hydrogen (secondary N) is 3. The maximum absolute atomic E-state index is 13.5. The Hall–Kier alpha value is -3.29. The number of anilines is 1. The number of nitrogens with zero attached hydrogens (tertiary/aromatic N) is 2. The second kappa shape index (κ2) is 11.9. The molecule has 0 aromatic heterocycles. The number of halogens is 1. The Balaban J connectivity index is 1.40. The number of carbonyl (C=O) groups excluding carboxylic acids is 1. The number of piperidine rings is 1. The summed E-state index contributed by atoms with van der Waals surface area (Å²) in [6.07, 6.45) is 2.60. The van der Waals surface area contributed by atoms with Crippen LogP contribution in [0.15, 0.2) is 53.5 Å². The van der Waals surface area contributed by atoms with Crippen LogP contribution in [0.5, 0.6) is 5.75 Å². The van der Waals surface area contributed by atoms with Gasteiger partial charge in [0.25, 0.3) is 5.91 Å². The van der Waals surface area contributed by atoms with Crippen molar-refractivity contribution < 1.29 is 14.3 Å².